The van der Waals surface area contributed by atoms with E-state index < -0.39 is 5.97 Å². The van der Waals surface area contributed by atoms with E-state index in [1.807, 2.05) is 24.3 Å². The minimum absolute atomic E-state index is 0.175. The van der Waals surface area contributed by atoms with Crippen molar-refractivity contribution in [2.24, 2.45) is 0 Å². The van der Waals surface area contributed by atoms with E-state index in [2.05, 4.69) is 6.58 Å². The van der Waals surface area contributed by atoms with Crippen LogP contribution in [0.3, 0.4) is 0 Å². The number of phenolic OH excluding ortho intramolecular Hbond substituents is 1. The largest absolute Gasteiger partial charge is 0.507 e. The van der Waals surface area contributed by atoms with Crippen LogP contribution >= 0.6 is 0 Å². The second-order valence-corrected chi connectivity index (χ2v) is 5.61. The van der Waals surface area contributed by atoms with Crippen molar-refractivity contribution in [2.75, 3.05) is 13.2 Å². The van der Waals surface area contributed by atoms with Gasteiger partial charge in [0.25, 0.3) is 0 Å². The lowest BCUT2D eigenvalue weighted by Crippen LogP contribution is -2.13. The summed E-state index contributed by atoms with van der Waals surface area (Å²) in [5.41, 5.74) is 2.08. The first-order valence-electron chi connectivity index (χ1n) is 7.89. The number of aromatic hydroxyl groups is 1. The average Bonchev–Trinajstić information content (AvgIpc) is 2.61. The van der Waals surface area contributed by atoms with Crippen LogP contribution in [0.25, 0.3) is 10.8 Å². The molecular weight excluding hydrogens is 292 g/mol. The van der Waals surface area contributed by atoms with Crippen LogP contribution in [0.5, 0.6) is 11.5 Å². The summed E-state index contributed by atoms with van der Waals surface area (Å²) in [6, 6.07) is 7.70. The Kier molecular flexibility index (Phi) is 4.51. The van der Waals surface area contributed by atoms with Crippen molar-refractivity contribution in [2.45, 2.75) is 25.7 Å². The number of hydrogen-bond donors (Lipinski definition) is 1. The maximum Gasteiger partial charge on any atom is 0.330 e. The summed E-state index contributed by atoms with van der Waals surface area (Å²) >= 11 is 0. The summed E-state index contributed by atoms with van der Waals surface area (Å²) in [7, 11) is 0. The van der Waals surface area contributed by atoms with Crippen molar-refractivity contribution >= 4 is 16.7 Å². The number of ether oxygens (including phenoxy) is 2. The molecule has 0 radical (unpaired) electrons. The fourth-order valence-corrected chi connectivity index (χ4v) is 3.14. The maximum absolute atomic E-state index is 11.1. The molecule has 0 amide bonds. The van der Waals surface area contributed by atoms with Gasteiger partial charge in [0.2, 0.25) is 0 Å². The van der Waals surface area contributed by atoms with Crippen molar-refractivity contribution in [1.82, 2.24) is 0 Å². The van der Waals surface area contributed by atoms with Crippen LogP contribution in [-0.2, 0) is 22.4 Å². The first-order chi connectivity index (χ1) is 11.2. The van der Waals surface area contributed by atoms with Crippen molar-refractivity contribution < 1.29 is 19.4 Å². The summed E-state index contributed by atoms with van der Waals surface area (Å²) < 4.78 is 10.9. The maximum atomic E-state index is 11.1. The molecular formula is C19H20O4. The molecule has 3 rings (SSSR count). The lowest BCUT2D eigenvalue weighted by atomic mass is 9.87. The van der Waals surface area contributed by atoms with E-state index in [0.29, 0.717) is 5.75 Å². The van der Waals surface area contributed by atoms with E-state index in [1.54, 1.807) is 0 Å². The predicted octanol–water partition coefficient (Wildman–Crippen LogP) is 3.53. The molecule has 23 heavy (non-hydrogen) atoms. The van der Waals surface area contributed by atoms with Crippen LogP contribution in [0.4, 0.5) is 0 Å². The van der Waals surface area contributed by atoms with E-state index in [9.17, 15) is 9.90 Å². The molecule has 0 spiro atoms. The summed E-state index contributed by atoms with van der Waals surface area (Å²) in [6.45, 7) is 3.82. The Balaban J connectivity index is 1.93. The highest BCUT2D eigenvalue weighted by molar-refractivity contribution is 5.96. The minimum atomic E-state index is -0.453. The Hall–Kier alpha value is -2.49. The molecule has 4 nitrogen and oxygen atoms in total. The second-order valence-electron chi connectivity index (χ2n) is 5.61. The average molecular weight is 312 g/mol. The van der Waals surface area contributed by atoms with E-state index in [4.69, 9.17) is 9.47 Å². The number of rotatable bonds is 5. The van der Waals surface area contributed by atoms with Gasteiger partial charge in [-0.25, -0.2) is 4.79 Å². The molecule has 4 heteroatoms. The zero-order valence-corrected chi connectivity index (χ0v) is 13.0. The molecule has 0 atom stereocenters. The van der Waals surface area contributed by atoms with Gasteiger partial charge in [-0.1, -0.05) is 30.8 Å². The van der Waals surface area contributed by atoms with Gasteiger partial charge in [-0.3, -0.25) is 0 Å². The number of esters is 1. The number of phenols is 1. The standard InChI is InChI=1S/C19H20O4/c1-2-17(20)22-11-12-23-19-15-9-5-3-7-13(15)18(21)14-8-4-6-10-16(14)19/h2-3,5,7,9,21H,1,4,6,8,10-12H2. The Labute approximate surface area is 135 Å². The van der Waals surface area contributed by atoms with E-state index in [1.165, 1.54) is 0 Å². The van der Waals surface area contributed by atoms with E-state index in [-0.39, 0.29) is 13.2 Å². The van der Waals surface area contributed by atoms with Crippen LogP contribution in [0, 0.1) is 0 Å². The third kappa shape index (κ3) is 3.02. The summed E-state index contributed by atoms with van der Waals surface area (Å²) in [5, 5.41) is 12.3. The van der Waals surface area contributed by atoms with E-state index >= 15 is 0 Å². The van der Waals surface area contributed by atoms with Crippen molar-refractivity contribution in [3.05, 3.63) is 48.0 Å². The molecule has 1 N–H and O–H groups in total. The highest BCUT2D eigenvalue weighted by Crippen LogP contribution is 2.43. The number of hydrogen-bond acceptors (Lipinski definition) is 4. The minimum Gasteiger partial charge on any atom is -0.507 e. The Morgan fingerprint density at radius 3 is 2.57 bits per heavy atom. The number of fused-ring (bicyclic) bond motifs is 2. The van der Waals surface area contributed by atoms with Crippen LogP contribution in [0.15, 0.2) is 36.9 Å². The molecule has 1 aliphatic rings. The number of carbonyl (C=O) groups is 1. The summed E-state index contributed by atoms with van der Waals surface area (Å²) in [5.74, 6) is 0.731. The van der Waals surface area contributed by atoms with Gasteiger partial charge in [-0.2, -0.15) is 0 Å². The van der Waals surface area contributed by atoms with Gasteiger partial charge in [0.15, 0.2) is 0 Å². The quantitative estimate of drug-likeness (QED) is 0.521. The van der Waals surface area contributed by atoms with E-state index in [0.717, 1.165) is 59.4 Å². The molecule has 0 saturated heterocycles. The van der Waals surface area contributed by atoms with Crippen LogP contribution in [0.1, 0.15) is 24.0 Å². The molecule has 0 fully saturated rings. The normalized spacial score (nSPS) is 13.4. The number of benzene rings is 2. The Morgan fingerprint density at radius 2 is 1.83 bits per heavy atom. The van der Waals surface area contributed by atoms with Gasteiger partial charge in [0.1, 0.15) is 24.7 Å². The predicted molar refractivity (Wildman–Crippen MR) is 88.9 cm³/mol. The molecule has 0 saturated carbocycles. The van der Waals surface area contributed by atoms with Gasteiger partial charge in [-0.15, -0.1) is 0 Å². The third-order valence-electron chi connectivity index (χ3n) is 4.20. The topological polar surface area (TPSA) is 55.8 Å². The van der Waals surface area contributed by atoms with Crippen molar-refractivity contribution in [1.29, 1.82) is 0 Å². The summed E-state index contributed by atoms with van der Waals surface area (Å²) in [6.07, 6.45) is 5.07. The van der Waals surface area contributed by atoms with Crippen molar-refractivity contribution in [3.8, 4) is 11.5 Å². The molecule has 0 aromatic heterocycles. The summed E-state index contributed by atoms with van der Waals surface area (Å²) in [4.78, 5) is 11.1. The Bertz CT molecular complexity index is 749. The first kappa shape index (κ1) is 15.4. The smallest absolute Gasteiger partial charge is 0.330 e. The zero-order valence-electron chi connectivity index (χ0n) is 13.0. The third-order valence-corrected chi connectivity index (χ3v) is 4.20. The van der Waals surface area contributed by atoms with Gasteiger partial charge >= 0.3 is 5.97 Å². The first-order valence-corrected chi connectivity index (χ1v) is 7.89. The van der Waals surface area contributed by atoms with Crippen LogP contribution in [-0.4, -0.2) is 24.3 Å². The van der Waals surface area contributed by atoms with Crippen LogP contribution < -0.4 is 4.74 Å². The highest BCUT2D eigenvalue weighted by atomic mass is 16.6. The number of carbonyl (C=O) groups excluding carboxylic acids is 1. The molecule has 120 valence electrons. The monoisotopic (exact) mass is 312 g/mol. The Morgan fingerprint density at radius 1 is 1.13 bits per heavy atom. The molecule has 0 bridgehead atoms. The highest BCUT2D eigenvalue weighted by Gasteiger charge is 2.22. The molecule has 2 aromatic carbocycles. The fraction of sp³-hybridized carbons (Fsp3) is 0.316. The van der Waals surface area contributed by atoms with Crippen molar-refractivity contribution in [3.63, 3.8) is 0 Å². The molecule has 1 aliphatic carbocycles. The van der Waals surface area contributed by atoms with Crippen LogP contribution in [0.2, 0.25) is 0 Å². The fourth-order valence-electron chi connectivity index (χ4n) is 3.14. The van der Waals surface area contributed by atoms with Gasteiger partial charge < -0.3 is 14.6 Å². The van der Waals surface area contributed by atoms with Gasteiger partial charge in [-0.05, 0) is 25.7 Å². The molecule has 0 heterocycles. The molecule has 0 aliphatic heterocycles. The lowest BCUT2D eigenvalue weighted by Gasteiger charge is -2.23. The van der Waals surface area contributed by atoms with Gasteiger partial charge in [0.05, 0.1) is 0 Å². The van der Waals surface area contributed by atoms with Gasteiger partial charge in [0, 0.05) is 28.0 Å². The zero-order chi connectivity index (χ0) is 16.2. The molecule has 0 unspecified atom stereocenters. The second kappa shape index (κ2) is 6.73. The molecule has 2 aromatic rings. The lowest BCUT2D eigenvalue weighted by molar-refractivity contribution is -0.138. The SMILES string of the molecule is C=CC(=O)OCCOc1c2c(c(O)c3ccccc13)CCCC2.